The van der Waals surface area contributed by atoms with Crippen LogP contribution in [0.2, 0.25) is 15.3 Å². The molecule has 28 heteroatoms. The van der Waals surface area contributed by atoms with Gasteiger partial charge in [-0.2, -0.15) is 35.3 Å². The second kappa shape index (κ2) is 18.7. The van der Waals surface area contributed by atoms with Crippen molar-refractivity contribution in [3.8, 4) is 0 Å². The molecule has 19 nitrogen and oxygen atoms in total. The van der Waals surface area contributed by atoms with Gasteiger partial charge in [-0.1, -0.05) is 29.3 Å². The summed E-state index contributed by atoms with van der Waals surface area (Å²) in [5.74, 6) is -1.31. The molecule has 0 saturated carbocycles. The van der Waals surface area contributed by atoms with Crippen LogP contribution in [0.25, 0.3) is 0 Å². The average Bonchev–Trinajstić information content (AvgIpc) is 3.27. The molecule has 1 atom stereocenters. The molecule has 1 aliphatic heterocycles. The maximum Gasteiger partial charge on any atom is 1.00 e. The monoisotopic (exact) mass is 871 g/mol. The smallest absolute Gasteiger partial charge is 0.744 e. The Morgan fingerprint density at radius 2 is 1.32 bits per heavy atom. The molecule has 1 aliphatic rings. The van der Waals surface area contributed by atoms with Crippen molar-refractivity contribution in [3.63, 3.8) is 0 Å². The molecule has 0 radical (unpaired) electrons. The van der Waals surface area contributed by atoms with Crippen LogP contribution in [0.15, 0.2) is 84.6 Å². The number of benzene rings is 3. The van der Waals surface area contributed by atoms with Gasteiger partial charge in [-0.05, 0) is 67.1 Å². The third-order valence-corrected chi connectivity index (χ3v) is 9.84. The summed E-state index contributed by atoms with van der Waals surface area (Å²) in [6.45, 7) is 1.36. The van der Waals surface area contributed by atoms with E-state index in [1.807, 2.05) is 0 Å². The second-order valence-corrected chi connectivity index (χ2v) is 15.0. The summed E-state index contributed by atoms with van der Waals surface area (Å²) in [5, 5.41) is 16.6. The first-order valence-corrected chi connectivity index (χ1v) is 18.4. The van der Waals surface area contributed by atoms with E-state index in [1.165, 1.54) is 19.1 Å². The third kappa shape index (κ3) is 11.8. The Morgan fingerprint density at radius 3 is 1.89 bits per heavy atom. The first-order valence-electron chi connectivity index (χ1n) is 13.1. The van der Waals surface area contributed by atoms with Gasteiger partial charge in [0.2, 0.25) is 17.2 Å². The van der Waals surface area contributed by atoms with Crippen LogP contribution in [0.4, 0.5) is 34.6 Å². The maximum atomic E-state index is 13.2. The minimum atomic E-state index is -5.14. The number of nitrogens with zero attached hydrogens (tertiary/aromatic N) is 7. The number of hydrogen-bond donors (Lipinski definition) is 2. The normalized spacial score (nSPS) is 14.5. The number of carbonyl (C=O) groups excluding carboxylic acids is 1. The van der Waals surface area contributed by atoms with E-state index in [0.29, 0.717) is 0 Å². The van der Waals surface area contributed by atoms with Crippen molar-refractivity contribution < 1.29 is 132 Å². The summed E-state index contributed by atoms with van der Waals surface area (Å²) in [4.78, 5) is 22.9. The predicted octanol–water partition coefficient (Wildman–Crippen LogP) is -5.08. The SMILES string of the molecule is CC1=NN(c2cc(Cl)c(S(=O)(=O)[O-])cc2Cl)C(=O)C1N=Nc1cc(Nc2nc(Cl)nc(Nc3cccc(S(=O)(=O)[O-])c3)n2)ccc1S(=O)(=O)[O-].[Na+].[Na+].[Na+]. The van der Waals surface area contributed by atoms with Gasteiger partial charge in [-0.3, -0.25) is 4.79 Å². The average molecular weight is 873 g/mol. The van der Waals surface area contributed by atoms with Crippen LogP contribution in [-0.2, 0) is 35.1 Å². The third-order valence-electron chi connectivity index (χ3n) is 6.35. The zero-order chi connectivity index (χ0) is 36.8. The number of aromatic nitrogens is 3. The van der Waals surface area contributed by atoms with Crippen molar-refractivity contribution in [1.82, 2.24) is 15.0 Å². The van der Waals surface area contributed by atoms with Crippen LogP contribution in [0.5, 0.6) is 0 Å². The Hall–Kier alpha value is -1.39. The number of anilines is 5. The largest absolute Gasteiger partial charge is 1.00 e. The predicted molar refractivity (Wildman–Crippen MR) is 174 cm³/mol. The topological polar surface area (TPSA) is 292 Å². The van der Waals surface area contributed by atoms with Crippen LogP contribution < -0.4 is 104 Å². The Labute approximate surface area is 382 Å². The van der Waals surface area contributed by atoms with Crippen molar-refractivity contribution >= 4 is 111 Å². The molecule has 53 heavy (non-hydrogen) atoms. The standard InChI is InChI=1S/C25H18Cl3N9O10S3.3Na/c1-11-21(22(38)37(36-11)18-9-16(27)20(10-15(18)26)50(45,46)47)35-34-17-8-13(5-6-19(17)49(42,43)44)30-25-32-23(28)31-24(33-25)29-12-3-2-4-14(7-12)48(39,40)41;;;/h2-10,21H,1H3,(H,39,40,41)(H,42,43,44)(H,45,46,47)(H2,29,30,31,32,33);;;/q;3*+1/p-3. The van der Waals surface area contributed by atoms with E-state index in [2.05, 4.69) is 40.9 Å². The van der Waals surface area contributed by atoms with E-state index in [9.17, 15) is 43.7 Å². The molecular weight excluding hydrogens is 858 g/mol. The number of nitrogens with one attached hydrogen (secondary N) is 2. The fourth-order valence-electron chi connectivity index (χ4n) is 4.19. The first-order chi connectivity index (χ1) is 23.2. The Kier molecular flexibility index (Phi) is 16.9. The van der Waals surface area contributed by atoms with E-state index in [1.54, 1.807) is 0 Å². The Bertz CT molecular complexity index is 2480. The van der Waals surface area contributed by atoms with Crippen molar-refractivity contribution in [2.75, 3.05) is 15.6 Å². The van der Waals surface area contributed by atoms with Crippen molar-refractivity contribution in [3.05, 3.63) is 69.9 Å². The van der Waals surface area contributed by atoms with Gasteiger partial charge in [0.05, 0.1) is 36.1 Å². The fourth-order valence-corrected chi connectivity index (χ4v) is 6.76. The zero-order valence-corrected chi connectivity index (χ0v) is 38.1. The Morgan fingerprint density at radius 1 is 0.736 bits per heavy atom. The number of rotatable bonds is 10. The van der Waals surface area contributed by atoms with E-state index in [-0.39, 0.29) is 134 Å². The second-order valence-electron chi connectivity index (χ2n) is 9.82. The molecule has 1 amide bonds. The molecule has 0 saturated heterocycles. The summed E-state index contributed by atoms with van der Waals surface area (Å²) in [7, 11) is -14.9. The molecule has 262 valence electrons. The summed E-state index contributed by atoms with van der Waals surface area (Å²) in [6.07, 6.45) is 0. The molecule has 4 aromatic rings. The maximum absolute atomic E-state index is 13.2. The quantitative estimate of drug-likeness (QED) is 0.0857. The van der Waals surface area contributed by atoms with Crippen LogP contribution >= 0.6 is 34.8 Å². The minimum Gasteiger partial charge on any atom is -0.744 e. The summed E-state index contributed by atoms with van der Waals surface area (Å²) in [6, 6.07) is 8.16. The van der Waals surface area contributed by atoms with Gasteiger partial charge in [-0.25, -0.2) is 25.3 Å². The van der Waals surface area contributed by atoms with Crippen molar-refractivity contribution in [2.24, 2.45) is 15.3 Å². The molecule has 2 N–H and O–H groups in total. The van der Waals surface area contributed by atoms with Crippen LogP contribution in [0.3, 0.4) is 0 Å². The molecule has 0 spiro atoms. The van der Waals surface area contributed by atoms with Crippen molar-refractivity contribution in [1.29, 1.82) is 0 Å². The summed E-state index contributed by atoms with van der Waals surface area (Å²) < 4.78 is 104. The number of azo groups is 1. The van der Waals surface area contributed by atoms with Gasteiger partial charge >= 0.3 is 88.7 Å². The van der Waals surface area contributed by atoms with Crippen LogP contribution in [0, 0.1) is 0 Å². The molecule has 1 unspecified atom stereocenters. The fraction of sp³-hybridized carbons (Fsp3) is 0.0800. The summed E-state index contributed by atoms with van der Waals surface area (Å²) >= 11 is 18.0. The number of amides is 1. The molecular formula is C25H15Cl3N9Na3O10S3. The molecule has 0 fully saturated rings. The van der Waals surface area contributed by atoms with Gasteiger partial charge in [0, 0.05) is 11.4 Å². The van der Waals surface area contributed by atoms with Crippen LogP contribution in [-0.4, -0.2) is 71.5 Å². The molecule has 1 aromatic heterocycles. The number of hydrazone groups is 1. The molecule has 0 bridgehead atoms. The van der Waals surface area contributed by atoms with E-state index >= 15 is 0 Å². The van der Waals surface area contributed by atoms with Crippen LogP contribution in [0.1, 0.15) is 6.92 Å². The van der Waals surface area contributed by atoms with E-state index < -0.39 is 67.7 Å². The minimum absolute atomic E-state index is 0. The number of carbonyl (C=O) groups is 1. The van der Waals surface area contributed by atoms with E-state index in [0.717, 1.165) is 47.5 Å². The van der Waals surface area contributed by atoms with Gasteiger partial charge in [0.1, 0.15) is 36.0 Å². The zero-order valence-electron chi connectivity index (χ0n) is 27.3. The van der Waals surface area contributed by atoms with Gasteiger partial charge < -0.3 is 24.3 Å². The molecule has 0 aliphatic carbocycles. The molecule has 2 heterocycles. The Balaban J connectivity index is 0.00000324. The van der Waals surface area contributed by atoms with Gasteiger partial charge in [0.15, 0.2) is 6.04 Å². The van der Waals surface area contributed by atoms with Crippen molar-refractivity contribution in [2.45, 2.75) is 27.7 Å². The molecule has 3 aromatic carbocycles. The summed E-state index contributed by atoms with van der Waals surface area (Å²) in [5.41, 5.74) is -0.555. The van der Waals surface area contributed by atoms with E-state index in [4.69, 9.17) is 34.8 Å². The van der Waals surface area contributed by atoms with Gasteiger partial charge in [0.25, 0.3) is 5.91 Å². The first kappa shape index (κ1) is 47.8. The number of hydrogen-bond acceptors (Lipinski definition) is 18. The molecule has 5 rings (SSSR count). The van der Waals surface area contributed by atoms with Gasteiger partial charge in [-0.15, -0.1) is 0 Å². The number of halogens is 3.